The number of rotatable bonds is 8. The second-order valence-electron chi connectivity index (χ2n) is 2.20. The van der Waals surface area contributed by atoms with E-state index in [0.717, 1.165) is 0 Å². The number of halogens is 1. The number of hydrogen-bond acceptors (Lipinski definition) is 4. The molecule has 0 atom stereocenters. The number of allylic oxidation sites excluding steroid dienone is 1. The van der Waals surface area contributed by atoms with Crippen LogP contribution < -0.4 is 0 Å². The van der Waals surface area contributed by atoms with E-state index in [1.807, 2.05) is 6.08 Å². The van der Waals surface area contributed by atoms with Gasteiger partial charge in [0.25, 0.3) is 0 Å². The molecule has 0 saturated carbocycles. The van der Waals surface area contributed by atoms with Crippen molar-refractivity contribution in [3.63, 3.8) is 0 Å². The molecule has 0 amide bonds. The fourth-order valence-corrected chi connectivity index (χ4v) is 3.97. The first-order valence-corrected chi connectivity index (χ1v) is 8.10. The molecule has 3 nitrogen and oxygen atoms in total. The quantitative estimate of drug-likeness (QED) is 0.378. The Morgan fingerprint density at radius 1 is 1.29 bits per heavy atom. The van der Waals surface area contributed by atoms with Crippen LogP contribution in [0.2, 0.25) is 0 Å². The Labute approximate surface area is 94.5 Å². The lowest BCUT2D eigenvalue weighted by Gasteiger charge is -2.14. The van der Waals surface area contributed by atoms with Gasteiger partial charge in [0.05, 0.1) is 13.2 Å². The Balaban J connectivity index is 3.95. The summed E-state index contributed by atoms with van der Waals surface area (Å²) in [4.78, 5) is 0. The molecule has 0 saturated heterocycles. The van der Waals surface area contributed by atoms with E-state index >= 15 is 0 Å². The standard InChI is InChI=1S/C8H16ClO3PS/c1-3-11-13(10,12-4-2)14-8-6-5-7-9/h5-6H,3-4,7-8H2,1-2H3/b6-5+. The molecule has 0 aliphatic heterocycles. The van der Waals surface area contributed by atoms with Crippen LogP contribution in [-0.2, 0) is 13.6 Å². The normalized spacial score (nSPS) is 12.5. The molecule has 0 rings (SSSR count). The summed E-state index contributed by atoms with van der Waals surface area (Å²) in [6.07, 6.45) is 3.65. The highest BCUT2D eigenvalue weighted by atomic mass is 35.5. The molecule has 0 fully saturated rings. The highest BCUT2D eigenvalue weighted by molar-refractivity contribution is 8.55. The minimum absolute atomic E-state index is 0.392. The molecule has 14 heavy (non-hydrogen) atoms. The van der Waals surface area contributed by atoms with Crippen molar-refractivity contribution in [1.29, 1.82) is 0 Å². The maximum atomic E-state index is 11.8. The molecule has 0 spiro atoms. The second kappa shape index (κ2) is 8.81. The fraction of sp³-hybridized carbons (Fsp3) is 0.750. The number of alkyl halides is 1. The van der Waals surface area contributed by atoms with Crippen molar-refractivity contribution in [2.75, 3.05) is 24.8 Å². The van der Waals surface area contributed by atoms with Gasteiger partial charge in [-0.1, -0.05) is 12.2 Å². The Bertz CT molecular complexity index is 201. The monoisotopic (exact) mass is 258 g/mol. The Morgan fingerprint density at radius 2 is 1.86 bits per heavy atom. The summed E-state index contributed by atoms with van der Waals surface area (Å²) in [5, 5.41) is 0. The van der Waals surface area contributed by atoms with Crippen molar-refractivity contribution in [3.8, 4) is 0 Å². The average Bonchev–Trinajstić information content (AvgIpc) is 2.13. The molecule has 6 heteroatoms. The summed E-state index contributed by atoms with van der Waals surface area (Å²) in [6.45, 7) is 1.43. The Hall–Kier alpha value is 0.530. The fourth-order valence-electron chi connectivity index (χ4n) is 0.693. The summed E-state index contributed by atoms with van der Waals surface area (Å²) in [7, 11) is 0. The summed E-state index contributed by atoms with van der Waals surface area (Å²) in [6, 6.07) is 0. The van der Waals surface area contributed by atoms with Crippen LogP contribution in [0, 0.1) is 0 Å². The molecule has 0 radical (unpaired) electrons. The largest absolute Gasteiger partial charge is 0.389 e. The predicted molar refractivity (Wildman–Crippen MR) is 63.2 cm³/mol. The zero-order valence-corrected chi connectivity index (χ0v) is 10.9. The van der Waals surface area contributed by atoms with Gasteiger partial charge in [0, 0.05) is 11.6 Å². The van der Waals surface area contributed by atoms with E-state index in [4.69, 9.17) is 20.6 Å². The first-order chi connectivity index (χ1) is 6.68. The lowest BCUT2D eigenvalue weighted by molar-refractivity contribution is 0.237. The highest BCUT2D eigenvalue weighted by Crippen LogP contribution is 2.60. The van der Waals surface area contributed by atoms with Crippen LogP contribution in [0.5, 0.6) is 0 Å². The molecule has 0 heterocycles. The SMILES string of the molecule is CCOP(=O)(OCC)SC/C=C/CCl. The minimum Gasteiger partial charge on any atom is -0.301 e. The summed E-state index contributed by atoms with van der Waals surface area (Å²) < 4.78 is 22.0. The molecule has 0 aromatic rings. The van der Waals surface area contributed by atoms with E-state index in [1.54, 1.807) is 19.9 Å². The van der Waals surface area contributed by atoms with Crippen LogP contribution in [0.25, 0.3) is 0 Å². The van der Waals surface area contributed by atoms with Gasteiger partial charge in [0.1, 0.15) is 0 Å². The third kappa shape index (κ3) is 6.91. The van der Waals surface area contributed by atoms with E-state index in [2.05, 4.69) is 0 Å². The van der Waals surface area contributed by atoms with Crippen molar-refractivity contribution >= 4 is 29.8 Å². The van der Waals surface area contributed by atoms with Gasteiger partial charge < -0.3 is 9.05 Å². The van der Waals surface area contributed by atoms with Gasteiger partial charge in [0.2, 0.25) is 0 Å². The van der Waals surface area contributed by atoms with Crippen LogP contribution in [0.15, 0.2) is 12.2 Å². The Kier molecular flexibility index (Phi) is 9.14. The van der Waals surface area contributed by atoms with E-state index in [-0.39, 0.29) is 0 Å². The smallest absolute Gasteiger partial charge is 0.301 e. The van der Waals surface area contributed by atoms with Gasteiger partial charge in [-0.05, 0) is 25.2 Å². The van der Waals surface area contributed by atoms with Crippen molar-refractivity contribution in [3.05, 3.63) is 12.2 Å². The van der Waals surface area contributed by atoms with Gasteiger partial charge >= 0.3 is 6.80 Å². The zero-order valence-electron chi connectivity index (χ0n) is 8.44. The van der Waals surface area contributed by atoms with Crippen LogP contribution >= 0.6 is 29.8 Å². The first kappa shape index (κ1) is 14.5. The van der Waals surface area contributed by atoms with E-state index in [1.165, 1.54) is 11.4 Å². The van der Waals surface area contributed by atoms with Crippen molar-refractivity contribution < 1.29 is 13.6 Å². The minimum atomic E-state index is -2.94. The van der Waals surface area contributed by atoms with Gasteiger partial charge in [-0.15, -0.1) is 11.6 Å². The molecule has 0 aromatic carbocycles. The third-order valence-corrected chi connectivity index (χ3v) is 5.17. The van der Waals surface area contributed by atoms with E-state index < -0.39 is 6.80 Å². The summed E-state index contributed by atoms with van der Waals surface area (Å²) in [5.41, 5.74) is 0. The van der Waals surface area contributed by atoms with Crippen LogP contribution in [0.3, 0.4) is 0 Å². The lowest BCUT2D eigenvalue weighted by atomic mass is 10.6. The lowest BCUT2D eigenvalue weighted by Crippen LogP contribution is -1.92. The molecule has 84 valence electrons. The van der Waals surface area contributed by atoms with Crippen molar-refractivity contribution in [2.24, 2.45) is 0 Å². The van der Waals surface area contributed by atoms with E-state index in [9.17, 15) is 4.57 Å². The molecular weight excluding hydrogens is 243 g/mol. The predicted octanol–water partition coefficient (Wildman–Crippen LogP) is 3.70. The molecule has 0 aliphatic carbocycles. The Morgan fingerprint density at radius 3 is 2.29 bits per heavy atom. The maximum absolute atomic E-state index is 11.8. The van der Waals surface area contributed by atoms with Crippen LogP contribution in [-0.4, -0.2) is 24.8 Å². The first-order valence-electron chi connectivity index (χ1n) is 4.43. The van der Waals surface area contributed by atoms with Crippen LogP contribution in [0.4, 0.5) is 0 Å². The molecule has 0 aromatic heterocycles. The second-order valence-corrected chi connectivity index (χ2v) is 6.63. The van der Waals surface area contributed by atoms with Gasteiger partial charge in [0.15, 0.2) is 0 Å². The van der Waals surface area contributed by atoms with Crippen molar-refractivity contribution in [2.45, 2.75) is 13.8 Å². The van der Waals surface area contributed by atoms with E-state index in [0.29, 0.717) is 24.8 Å². The maximum Gasteiger partial charge on any atom is 0.389 e. The van der Waals surface area contributed by atoms with Gasteiger partial charge in [-0.3, -0.25) is 0 Å². The summed E-state index contributed by atoms with van der Waals surface area (Å²) >= 11 is 6.62. The topological polar surface area (TPSA) is 35.5 Å². The molecule has 0 N–H and O–H groups in total. The number of hydrogen-bond donors (Lipinski definition) is 0. The molecule has 0 aliphatic rings. The third-order valence-electron chi connectivity index (χ3n) is 1.16. The molecular formula is C8H16ClO3PS. The summed E-state index contributed by atoms with van der Waals surface area (Å²) in [5.74, 6) is 1.05. The van der Waals surface area contributed by atoms with Gasteiger partial charge in [-0.2, -0.15) is 0 Å². The average molecular weight is 259 g/mol. The van der Waals surface area contributed by atoms with Gasteiger partial charge in [-0.25, -0.2) is 4.57 Å². The zero-order chi connectivity index (χ0) is 10.9. The van der Waals surface area contributed by atoms with Crippen LogP contribution in [0.1, 0.15) is 13.8 Å². The molecule has 0 bridgehead atoms. The van der Waals surface area contributed by atoms with Crippen molar-refractivity contribution in [1.82, 2.24) is 0 Å². The molecule has 0 unspecified atom stereocenters. The highest BCUT2D eigenvalue weighted by Gasteiger charge is 2.23.